The van der Waals surface area contributed by atoms with E-state index >= 15 is 0 Å². The second kappa shape index (κ2) is 6.33. The molecule has 19 heavy (non-hydrogen) atoms. The first kappa shape index (κ1) is 15.2. The van der Waals surface area contributed by atoms with Crippen LogP contribution in [0.2, 0.25) is 0 Å². The summed E-state index contributed by atoms with van der Waals surface area (Å²) >= 11 is 0. The van der Waals surface area contributed by atoms with Crippen molar-refractivity contribution >= 4 is 11.9 Å². The van der Waals surface area contributed by atoms with Crippen LogP contribution in [0.5, 0.6) is 0 Å². The maximum absolute atomic E-state index is 11.6. The standard InChI is InChI=1S/C14H18NO4/c1-14(2,3)19-13(17)12(16)15(4)18-10-11-8-6-5-7-9-11/h5-9H,4,10H2,1-3H3. The maximum atomic E-state index is 11.6. The summed E-state index contributed by atoms with van der Waals surface area (Å²) in [4.78, 5) is 28.2. The molecule has 0 atom stereocenters. The minimum atomic E-state index is -0.990. The Balaban J connectivity index is 2.47. The average Bonchev–Trinajstić information content (AvgIpc) is 2.34. The van der Waals surface area contributed by atoms with E-state index in [2.05, 4.69) is 7.05 Å². The summed E-state index contributed by atoms with van der Waals surface area (Å²) in [7, 11) is 3.36. The number of nitrogens with zero attached hydrogens (tertiary/aromatic N) is 1. The topological polar surface area (TPSA) is 55.8 Å². The van der Waals surface area contributed by atoms with E-state index in [-0.39, 0.29) is 6.61 Å². The largest absolute Gasteiger partial charge is 0.453 e. The van der Waals surface area contributed by atoms with Crippen LogP contribution >= 0.6 is 0 Å². The Morgan fingerprint density at radius 2 is 1.79 bits per heavy atom. The van der Waals surface area contributed by atoms with Gasteiger partial charge in [-0.05, 0) is 26.3 Å². The Morgan fingerprint density at radius 1 is 1.21 bits per heavy atom. The summed E-state index contributed by atoms with van der Waals surface area (Å²) in [5.74, 6) is -1.93. The molecule has 0 aliphatic heterocycles. The van der Waals surface area contributed by atoms with Crippen molar-refractivity contribution in [3.8, 4) is 0 Å². The molecule has 0 saturated heterocycles. The van der Waals surface area contributed by atoms with Crippen molar-refractivity contribution in [1.29, 1.82) is 0 Å². The monoisotopic (exact) mass is 264 g/mol. The molecule has 0 aliphatic carbocycles. The van der Waals surface area contributed by atoms with Crippen LogP contribution in [0.25, 0.3) is 0 Å². The molecule has 0 aromatic heterocycles. The van der Waals surface area contributed by atoms with E-state index in [1.807, 2.05) is 30.3 Å². The number of ether oxygens (including phenoxy) is 1. The van der Waals surface area contributed by atoms with Crippen LogP contribution in [0, 0.1) is 7.05 Å². The summed E-state index contributed by atoms with van der Waals surface area (Å²) in [5, 5.41) is 0.640. The molecule has 0 unspecified atom stereocenters. The highest BCUT2D eigenvalue weighted by Gasteiger charge is 2.26. The van der Waals surface area contributed by atoms with Crippen LogP contribution < -0.4 is 0 Å². The van der Waals surface area contributed by atoms with Crippen molar-refractivity contribution in [1.82, 2.24) is 5.06 Å². The molecular formula is C14H18NO4. The van der Waals surface area contributed by atoms with Crippen LogP contribution in [0.15, 0.2) is 30.3 Å². The summed E-state index contributed by atoms with van der Waals surface area (Å²) in [6, 6.07) is 9.25. The van der Waals surface area contributed by atoms with Gasteiger partial charge in [0, 0.05) is 0 Å². The van der Waals surface area contributed by atoms with Gasteiger partial charge < -0.3 is 4.74 Å². The second-order valence-corrected chi connectivity index (χ2v) is 4.94. The lowest BCUT2D eigenvalue weighted by atomic mass is 10.2. The first-order chi connectivity index (χ1) is 8.79. The van der Waals surface area contributed by atoms with E-state index in [1.165, 1.54) is 0 Å². The quantitative estimate of drug-likeness (QED) is 0.476. The molecule has 1 radical (unpaired) electrons. The van der Waals surface area contributed by atoms with Crippen LogP contribution in [0.3, 0.4) is 0 Å². The van der Waals surface area contributed by atoms with Gasteiger partial charge in [0.15, 0.2) is 0 Å². The van der Waals surface area contributed by atoms with Crippen molar-refractivity contribution in [3.05, 3.63) is 42.9 Å². The number of esters is 1. The molecule has 1 aromatic rings. The lowest BCUT2D eigenvalue weighted by molar-refractivity contribution is -0.191. The molecule has 0 N–H and O–H groups in total. The van der Waals surface area contributed by atoms with Gasteiger partial charge in [-0.2, -0.15) is 0 Å². The van der Waals surface area contributed by atoms with Gasteiger partial charge in [0.1, 0.15) is 12.2 Å². The Hall–Kier alpha value is -1.88. The predicted octanol–water partition coefficient (Wildman–Crippen LogP) is 2.08. The SMILES string of the molecule is [CH2]N(OCc1ccccc1)C(=O)C(=O)OC(C)(C)C. The predicted molar refractivity (Wildman–Crippen MR) is 69.3 cm³/mol. The minimum absolute atomic E-state index is 0.152. The number of rotatable bonds is 3. The van der Waals surface area contributed by atoms with Crippen LogP contribution in [-0.4, -0.2) is 22.5 Å². The number of benzene rings is 1. The zero-order valence-electron chi connectivity index (χ0n) is 11.4. The van der Waals surface area contributed by atoms with E-state index in [0.29, 0.717) is 5.06 Å². The number of carbonyl (C=O) groups excluding carboxylic acids is 2. The summed E-state index contributed by atoms with van der Waals surface area (Å²) in [5.41, 5.74) is 0.139. The van der Waals surface area contributed by atoms with Gasteiger partial charge in [-0.15, -0.1) is 0 Å². The third-order valence-electron chi connectivity index (χ3n) is 2.03. The smallest absolute Gasteiger partial charge is 0.399 e. The summed E-state index contributed by atoms with van der Waals surface area (Å²) in [6.45, 7) is 5.18. The van der Waals surface area contributed by atoms with Gasteiger partial charge in [0.25, 0.3) is 0 Å². The van der Waals surface area contributed by atoms with E-state index < -0.39 is 17.5 Å². The Bertz CT molecular complexity index is 437. The van der Waals surface area contributed by atoms with Crippen molar-refractivity contribution < 1.29 is 19.2 Å². The number of amides is 1. The molecule has 1 aromatic carbocycles. The molecule has 103 valence electrons. The highest BCUT2D eigenvalue weighted by atomic mass is 16.7. The minimum Gasteiger partial charge on any atom is -0.453 e. The molecule has 1 rings (SSSR count). The van der Waals surface area contributed by atoms with E-state index in [0.717, 1.165) is 5.56 Å². The zero-order chi connectivity index (χ0) is 14.5. The first-order valence-electron chi connectivity index (χ1n) is 5.84. The lowest BCUT2D eigenvalue weighted by Crippen LogP contribution is -2.37. The van der Waals surface area contributed by atoms with Crippen LogP contribution in [0.4, 0.5) is 0 Å². The van der Waals surface area contributed by atoms with Gasteiger partial charge in [0.05, 0.1) is 7.05 Å². The Kier molecular flexibility index (Phi) is 5.06. The molecule has 5 heteroatoms. The average molecular weight is 264 g/mol. The fraction of sp³-hybridized carbons (Fsp3) is 0.357. The van der Waals surface area contributed by atoms with E-state index in [9.17, 15) is 9.59 Å². The highest BCUT2D eigenvalue weighted by molar-refractivity contribution is 6.32. The van der Waals surface area contributed by atoms with Crippen molar-refractivity contribution in [2.24, 2.45) is 0 Å². The highest BCUT2D eigenvalue weighted by Crippen LogP contribution is 2.09. The first-order valence-corrected chi connectivity index (χ1v) is 5.84. The van der Waals surface area contributed by atoms with Crippen LogP contribution in [-0.2, 0) is 25.8 Å². The molecule has 5 nitrogen and oxygen atoms in total. The van der Waals surface area contributed by atoms with Gasteiger partial charge in [-0.3, -0.25) is 9.63 Å². The number of hydrogen-bond acceptors (Lipinski definition) is 4. The third-order valence-corrected chi connectivity index (χ3v) is 2.03. The van der Waals surface area contributed by atoms with Crippen molar-refractivity contribution in [2.45, 2.75) is 33.0 Å². The third kappa shape index (κ3) is 5.52. The van der Waals surface area contributed by atoms with Gasteiger partial charge >= 0.3 is 11.9 Å². The zero-order valence-corrected chi connectivity index (χ0v) is 11.4. The second-order valence-electron chi connectivity index (χ2n) is 4.94. The van der Waals surface area contributed by atoms with Gasteiger partial charge in [-0.25, -0.2) is 9.86 Å². The molecule has 0 fully saturated rings. The molecule has 0 heterocycles. The Labute approximate surface area is 113 Å². The summed E-state index contributed by atoms with van der Waals surface area (Å²) in [6.07, 6.45) is 0. The fourth-order valence-corrected chi connectivity index (χ4v) is 1.21. The molecule has 0 aliphatic rings. The maximum Gasteiger partial charge on any atom is 0.399 e. The van der Waals surface area contributed by atoms with Gasteiger partial charge in [-0.1, -0.05) is 30.3 Å². The summed E-state index contributed by atoms with van der Waals surface area (Å²) < 4.78 is 4.92. The van der Waals surface area contributed by atoms with Crippen molar-refractivity contribution in [2.75, 3.05) is 0 Å². The fourth-order valence-electron chi connectivity index (χ4n) is 1.21. The molecule has 0 saturated carbocycles. The Morgan fingerprint density at radius 3 is 2.32 bits per heavy atom. The lowest BCUT2D eigenvalue weighted by Gasteiger charge is -2.21. The number of hydrogen-bond donors (Lipinski definition) is 0. The van der Waals surface area contributed by atoms with E-state index in [1.54, 1.807) is 20.8 Å². The number of hydroxylamine groups is 2. The van der Waals surface area contributed by atoms with Crippen LogP contribution in [0.1, 0.15) is 26.3 Å². The molecule has 0 bridgehead atoms. The van der Waals surface area contributed by atoms with E-state index in [4.69, 9.17) is 9.57 Å². The molecule has 0 spiro atoms. The molecule has 1 amide bonds. The number of carbonyl (C=O) groups is 2. The normalized spacial score (nSPS) is 10.9. The van der Waals surface area contributed by atoms with Gasteiger partial charge in [0.2, 0.25) is 0 Å². The molecular weight excluding hydrogens is 246 g/mol. The van der Waals surface area contributed by atoms with Crippen molar-refractivity contribution in [3.63, 3.8) is 0 Å².